The van der Waals surface area contributed by atoms with Crippen molar-refractivity contribution in [1.29, 1.82) is 0 Å². The normalized spacial score (nSPS) is 17.2. The smallest absolute Gasteiger partial charge is 0.0543 e. The molecule has 1 aliphatic rings. The van der Waals surface area contributed by atoms with E-state index in [4.69, 9.17) is 0 Å². The molecule has 2 aromatic rings. The van der Waals surface area contributed by atoms with Crippen LogP contribution in [0.4, 0.5) is 0 Å². The van der Waals surface area contributed by atoms with E-state index in [2.05, 4.69) is 55.9 Å². The van der Waals surface area contributed by atoms with Crippen molar-refractivity contribution in [2.75, 3.05) is 45.8 Å². The Morgan fingerprint density at radius 3 is 1.58 bits per heavy atom. The van der Waals surface area contributed by atoms with Gasteiger partial charge in [-0.3, -0.25) is 19.8 Å². The maximum absolute atomic E-state index is 4.56. The molecule has 2 aromatic heterocycles. The summed E-state index contributed by atoms with van der Waals surface area (Å²) in [5.74, 6) is 0. The molecule has 31 heavy (non-hydrogen) atoms. The first kappa shape index (κ1) is 23.8. The van der Waals surface area contributed by atoms with Crippen molar-refractivity contribution in [3.05, 3.63) is 60.2 Å². The van der Waals surface area contributed by atoms with Crippen LogP contribution in [-0.2, 0) is 13.1 Å². The Bertz CT molecular complexity index is 640. The van der Waals surface area contributed by atoms with Crippen molar-refractivity contribution in [1.82, 2.24) is 24.7 Å². The topological polar surface area (TPSA) is 35.5 Å². The summed E-state index contributed by atoms with van der Waals surface area (Å²) < 4.78 is 0. The van der Waals surface area contributed by atoms with E-state index >= 15 is 0 Å². The van der Waals surface area contributed by atoms with E-state index in [1.165, 1.54) is 56.5 Å². The zero-order valence-electron chi connectivity index (χ0n) is 19.5. The Balaban J connectivity index is 1.56. The fourth-order valence-electron chi connectivity index (χ4n) is 4.28. The van der Waals surface area contributed by atoms with Gasteiger partial charge in [-0.2, -0.15) is 0 Å². The molecule has 0 unspecified atom stereocenters. The summed E-state index contributed by atoms with van der Waals surface area (Å²) in [6.07, 6.45) is 12.0. The van der Waals surface area contributed by atoms with Crippen molar-refractivity contribution in [3.63, 3.8) is 0 Å². The highest BCUT2D eigenvalue weighted by Gasteiger charge is 2.17. The lowest BCUT2D eigenvalue weighted by Crippen LogP contribution is -2.36. The fourth-order valence-corrected chi connectivity index (χ4v) is 4.28. The van der Waals surface area contributed by atoms with Gasteiger partial charge in [0.15, 0.2) is 0 Å². The van der Waals surface area contributed by atoms with Crippen molar-refractivity contribution < 1.29 is 0 Å². The third-order valence-corrected chi connectivity index (χ3v) is 6.25. The van der Waals surface area contributed by atoms with Crippen LogP contribution >= 0.6 is 0 Å². The van der Waals surface area contributed by atoms with Crippen LogP contribution in [0.15, 0.2) is 48.8 Å². The lowest BCUT2D eigenvalue weighted by atomic mass is 10.1. The third kappa shape index (κ3) is 9.46. The van der Waals surface area contributed by atoms with Crippen LogP contribution in [-0.4, -0.2) is 70.5 Å². The van der Waals surface area contributed by atoms with Crippen LogP contribution in [0.3, 0.4) is 0 Å². The van der Waals surface area contributed by atoms with Crippen molar-refractivity contribution >= 4 is 0 Å². The standard InChI is InChI=1S/C26H41N5/c1-2-3-4-5-6-11-16-29-17-19-30(23-25-12-7-9-14-27-25)21-22-31(20-18-29)24-26-13-8-10-15-28-26/h7-10,12-15H,2-6,11,16-24H2,1H3. The quantitative estimate of drug-likeness (QED) is 0.499. The minimum absolute atomic E-state index is 0.934. The molecule has 0 atom stereocenters. The van der Waals surface area contributed by atoms with Crippen LogP contribution in [0.5, 0.6) is 0 Å². The van der Waals surface area contributed by atoms with Crippen molar-refractivity contribution in [2.24, 2.45) is 0 Å². The van der Waals surface area contributed by atoms with Gasteiger partial charge in [0.25, 0.3) is 0 Å². The van der Waals surface area contributed by atoms with Crippen LogP contribution in [0.2, 0.25) is 0 Å². The van der Waals surface area contributed by atoms with E-state index in [0.717, 1.165) is 52.4 Å². The number of nitrogens with zero attached hydrogens (tertiary/aromatic N) is 5. The van der Waals surface area contributed by atoms with Gasteiger partial charge in [0.2, 0.25) is 0 Å². The minimum atomic E-state index is 0.934. The lowest BCUT2D eigenvalue weighted by Gasteiger charge is -2.25. The van der Waals surface area contributed by atoms with E-state index in [-0.39, 0.29) is 0 Å². The second kappa shape index (κ2) is 14.3. The van der Waals surface area contributed by atoms with Crippen molar-refractivity contribution in [3.8, 4) is 0 Å². The molecule has 0 saturated carbocycles. The minimum Gasteiger partial charge on any atom is -0.301 e. The number of pyridine rings is 2. The average Bonchev–Trinajstić information content (AvgIpc) is 2.89. The van der Waals surface area contributed by atoms with E-state index < -0.39 is 0 Å². The second-order valence-electron chi connectivity index (χ2n) is 8.80. The Morgan fingerprint density at radius 1 is 0.613 bits per heavy atom. The van der Waals surface area contributed by atoms with Gasteiger partial charge in [-0.25, -0.2) is 0 Å². The van der Waals surface area contributed by atoms with Gasteiger partial charge < -0.3 is 4.90 Å². The Labute approximate surface area is 189 Å². The van der Waals surface area contributed by atoms with Crippen LogP contribution in [0, 0.1) is 0 Å². The summed E-state index contributed by atoms with van der Waals surface area (Å²) in [5, 5.41) is 0. The van der Waals surface area contributed by atoms with Gasteiger partial charge in [0, 0.05) is 64.8 Å². The number of rotatable bonds is 11. The fraction of sp³-hybridized carbons (Fsp3) is 0.615. The molecule has 5 heteroatoms. The molecular weight excluding hydrogens is 382 g/mol. The first-order valence-electron chi connectivity index (χ1n) is 12.3. The summed E-state index contributed by atoms with van der Waals surface area (Å²) in [4.78, 5) is 17.0. The molecule has 3 heterocycles. The summed E-state index contributed by atoms with van der Waals surface area (Å²) in [6, 6.07) is 12.5. The molecule has 0 aromatic carbocycles. The summed E-state index contributed by atoms with van der Waals surface area (Å²) in [5.41, 5.74) is 2.33. The monoisotopic (exact) mass is 423 g/mol. The third-order valence-electron chi connectivity index (χ3n) is 6.25. The summed E-state index contributed by atoms with van der Waals surface area (Å²) in [6.45, 7) is 12.1. The van der Waals surface area contributed by atoms with Gasteiger partial charge in [-0.05, 0) is 37.2 Å². The first-order valence-corrected chi connectivity index (χ1v) is 12.3. The average molecular weight is 424 g/mol. The molecule has 0 aliphatic carbocycles. The molecular formula is C26H41N5. The van der Waals surface area contributed by atoms with E-state index in [0.29, 0.717) is 0 Å². The molecule has 170 valence electrons. The molecule has 0 N–H and O–H groups in total. The van der Waals surface area contributed by atoms with Crippen LogP contribution in [0.25, 0.3) is 0 Å². The zero-order chi connectivity index (χ0) is 21.6. The van der Waals surface area contributed by atoms with Crippen LogP contribution < -0.4 is 0 Å². The highest BCUT2D eigenvalue weighted by molar-refractivity contribution is 5.04. The number of hydrogen-bond donors (Lipinski definition) is 0. The number of unbranched alkanes of at least 4 members (excludes halogenated alkanes) is 5. The molecule has 0 radical (unpaired) electrons. The maximum Gasteiger partial charge on any atom is 0.0543 e. The number of aromatic nitrogens is 2. The highest BCUT2D eigenvalue weighted by atomic mass is 15.3. The molecule has 0 spiro atoms. The number of hydrogen-bond acceptors (Lipinski definition) is 5. The zero-order valence-corrected chi connectivity index (χ0v) is 19.5. The maximum atomic E-state index is 4.56. The summed E-state index contributed by atoms with van der Waals surface area (Å²) >= 11 is 0. The van der Waals surface area contributed by atoms with E-state index in [9.17, 15) is 0 Å². The molecule has 3 rings (SSSR count). The van der Waals surface area contributed by atoms with Crippen molar-refractivity contribution in [2.45, 2.75) is 58.5 Å². The Hall–Kier alpha value is -1.82. The predicted molar refractivity (Wildman–Crippen MR) is 129 cm³/mol. The van der Waals surface area contributed by atoms with Gasteiger partial charge in [0.05, 0.1) is 11.4 Å². The predicted octanol–water partition coefficient (Wildman–Crippen LogP) is 4.46. The molecule has 5 nitrogen and oxygen atoms in total. The SMILES string of the molecule is CCCCCCCCN1CCN(Cc2ccccn2)CCN(Cc2ccccn2)CC1. The molecule has 1 saturated heterocycles. The largest absolute Gasteiger partial charge is 0.301 e. The van der Waals surface area contributed by atoms with E-state index in [1.54, 1.807) is 0 Å². The summed E-state index contributed by atoms with van der Waals surface area (Å²) in [7, 11) is 0. The Morgan fingerprint density at radius 2 is 1.10 bits per heavy atom. The molecule has 0 bridgehead atoms. The van der Waals surface area contributed by atoms with Gasteiger partial charge in [0.1, 0.15) is 0 Å². The highest BCUT2D eigenvalue weighted by Crippen LogP contribution is 2.10. The van der Waals surface area contributed by atoms with Crippen LogP contribution in [0.1, 0.15) is 56.8 Å². The Kier molecular flexibility index (Phi) is 11.0. The second-order valence-corrected chi connectivity index (χ2v) is 8.80. The first-order chi connectivity index (χ1) is 15.3. The van der Waals surface area contributed by atoms with E-state index in [1.807, 2.05) is 24.5 Å². The lowest BCUT2D eigenvalue weighted by molar-refractivity contribution is 0.207. The molecule has 1 fully saturated rings. The van der Waals surface area contributed by atoms with Gasteiger partial charge >= 0.3 is 0 Å². The van der Waals surface area contributed by atoms with Gasteiger partial charge in [-0.15, -0.1) is 0 Å². The molecule has 1 aliphatic heterocycles. The van der Waals surface area contributed by atoms with Gasteiger partial charge in [-0.1, -0.05) is 51.2 Å². The molecule has 0 amide bonds.